The molecule has 0 aliphatic carbocycles. The average molecular weight is 408 g/mol. The molecule has 1 atom stereocenters. The second-order valence-electron chi connectivity index (χ2n) is 8.43. The van der Waals surface area contributed by atoms with Crippen LogP contribution in [0.3, 0.4) is 0 Å². The van der Waals surface area contributed by atoms with Gasteiger partial charge in [-0.1, -0.05) is 24.3 Å². The molecular weight excluding hydrogens is 374 g/mol. The van der Waals surface area contributed by atoms with Crippen LogP contribution < -0.4 is 10.1 Å². The van der Waals surface area contributed by atoms with Gasteiger partial charge >= 0.3 is 0 Å². The smallest absolute Gasteiger partial charge is 0.251 e. The van der Waals surface area contributed by atoms with Crippen LogP contribution in [-0.2, 0) is 6.54 Å². The summed E-state index contributed by atoms with van der Waals surface area (Å²) in [4.78, 5) is 17.9. The Bertz CT molecular complexity index is 825. The number of carbonyl (C=O) groups excluding carboxylic acids is 1. The standard InChI is InChI=1S/C25H33N3O2/c1-30-23-11-9-21(10-12-23)24(28-15-4-5-16-28)18-26-25(29)22-8-6-7-20(17-22)19-27-13-2-3-14-27/h6-12,17,24H,2-5,13-16,18-19H2,1H3,(H,26,29). The number of likely N-dealkylation sites (tertiary alicyclic amines) is 2. The van der Waals surface area contributed by atoms with Gasteiger partial charge in [-0.05, 0) is 87.3 Å². The van der Waals surface area contributed by atoms with Gasteiger partial charge in [-0.3, -0.25) is 14.6 Å². The van der Waals surface area contributed by atoms with E-state index in [1.54, 1.807) is 7.11 Å². The lowest BCUT2D eigenvalue weighted by molar-refractivity contribution is 0.0937. The first-order valence-electron chi connectivity index (χ1n) is 11.2. The minimum absolute atomic E-state index is 0.0102. The summed E-state index contributed by atoms with van der Waals surface area (Å²) in [5, 5.41) is 3.20. The van der Waals surface area contributed by atoms with Crippen molar-refractivity contribution >= 4 is 5.91 Å². The van der Waals surface area contributed by atoms with E-state index in [0.717, 1.165) is 44.0 Å². The lowest BCUT2D eigenvalue weighted by atomic mass is 10.0. The van der Waals surface area contributed by atoms with Gasteiger partial charge in [-0.15, -0.1) is 0 Å². The van der Waals surface area contributed by atoms with Crippen molar-refractivity contribution < 1.29 is 9.53 Å². The van der Waals surface area contributed by atoms with Crippen molar-refractivity contribution in [3.63, 3.8) is 0 Å². The maximum absolute atomic E-state index is 12.9. The third kappa shape index (κ3) is 5.21. The number of methoxy groups -OCH3 is 1. The van der Waals surface area contributed by atoms with Gasteiger partial charge in [-0.2, -0.15) is 0 Å². The third-order valence-electron chi connectivity index (χ3n) is 6.33. The molecule has 2 aliphatic rings. The van der Waals surface area contributed by atoms with E-state index in [0.29, 0.717) is 6.54 Å². The molecule has 160 valence electrons. The average Bonchev–Trinajstić information content (AvgIpc) is 3.49. The Morgan fingerprint density at radius 1 is 1.00 bits per heavy atom. The molecule has 2 fully saturated rings. The van der Waals surface area contributed by atoms with Crippen LogP contribution in [0.1, 0.15) is 53.2 Å². The molecule has 0 aromatic heterocycles. The quantitative estimate of drug-likeness (QED) is 0.722. The molecule has 2 aliphatic heterocycles. The minimum atomic E-state index is 0.0102. The molecule has 30 heavy (non-hydrogen) atoms. The minimum Gasteiger partial charge on any atom is -0.497 e. The molecule has 1 amide bonds. The number of amides is 1. The molecule has 0 radical (unpaired) electrons. The van der Waals surface area contributed by atoms with Crippen molar-refractivity contribution in [2.24, 2.45) is 0 Å². The van der Waals surface area contributed by atoms with Crippen LogP contribution in [0.25, 0.3) is 0 Å². The molecule has 1 unspecified atom stereocenters. The number of hydrogen-bond donors (Lipinski definition) is 1. The van der Waals surface area contributed by atoms with Crippen LogP contribution in [0, 0.1) is 0 Å². The Hall–Kier alpha value is -2.37. The molecule has 0 saturated carbocycles. The van der Waals surface area contributed by atoms with Crippen LogP contribution in [0.4, 0.5) is 0 Å². The van der Waals surface area contributed by atoms with Crippen LogP contribution in [0.5, 0.6) is 5.75 Å². The fraction of sp³-hybridized carbons (Fsp3) is 0.480. The molecule has 2 saturated heterocycles. The number of hydrogen-bond acceptors (Lipinski definition) is 4. The Morgan fingerprint density at radius 2 is 1.70 bits per heavy atom. The van der Waals surface area contributed by atoms with Gasteiger partial charge in [-0.25, -0.2) is 0 Å². The summed E-state index contributed by atoms with van der Waals surface area (Å²) in [5.74, 6) is 0.869. The highest BCUT2D eigenvalue weighted by molar-refractivity contribution is 5.94. The molecule has 2 heterocycles. The van der Waals surface area contributed by atoms with Gasteiger partial charge in [0.15, 0.2) is 0 Å². The zero-order valence-corrected chi connectivity index (χ0v) is 18.0. The van der Waals surface area contributed by atoms with Crippen molar-refractivity contribution in [1.82, 2.24) is 15.1 Å². The fourth-order valence-corrected chi connectivity index (χ4v) is 4.64. The predicted octanol–water partition coefficient (Wildman–Crippen LogP) is 3.86. The molecule has 2 aromatic rings. The van der Waals surface area contributed by atoms with Gasteiger partial charge in [0, 0.05) is 18.7 Å². The van der Waals surface area contributed by atoms with Crippen LogP contribution in [-0.4, -0.2) is 55.5 Å². The molecule has 0 spiro atoms. The molecule has 2 aromatic carbocycles. The van der Waals surface area contributed by atoms with Gasteiger partial charge in [0.2, 0.25) is 0 Å². The van der Waals surface area contributed by atoms with E-state index in [9.17, 15) is 4.79 Å². The van der Waals surface area contributed by atoms with Crippen LogP contribution in [0.15, 0.2) is 48.5 Å². The molecule has 0 bridgehead atoms. The molecule has 5 heteroatoms. The number of benzene rings is 2. The highest BCUT2D eigenvalue weighted by atomic mass is 16.5. The molecule has 4 rings (SSSR count). The van der Waals surface area contributed by atoms with E-state index >= 15 is 0 Å². The Balaban J connectivity index is 1.41. The summed E-state index contributed by atoms with van der Waals surface area (Å²) in [7, 11) is 1.69. The third-order valence-corrected chi connectivity index (χ3v) is 6.33. The van der Waals surface area contributed by atoms with Crippen LogP contribution >= 0.6 is 0 Å². The second kappa shape index (κ2) is 10.1. The van der Waals surface area contributed by atoms with E-state index in [-0.39, 0.29) is 11.9 Å². The Morgan fingerprint density at radius 3 is 2.40 bits per heavy atom. The lowest BCUT2D eigenvalue weighted by Gasteiger charge is -2.28. The summed E-state index contributed by atoms with van der Waals surface area (Å²) in [5.41, 5.74) is 3.19. The molecule has 1 N–H and O–H groups in total. The number of rotatable bonds is 8. The highest BCUT2D eigenvalue weighted by Gasteiger charge is 2.24. The summed E-state index contributed by atoms with van der Waals surface area (Å²) in [6.07, 6.45) is 5.01. The van der Waals surface area contributed by atoms with Crippen molar-refractivity contribution in [2.75, 3.05) is 39.8 Å². The van der Waals surface area contributed by atoms with Crippen molar-refractivity contribution in [2.45, 2.75) is 38.3 Å². The zero-order chi connectivity index (χ0) is 20.8. The van der Waals surface area contributed by atoms with Gasteiger partial charge in [0.25, 0.3) is 5.91 Å². The topological polar surface area (TPSA) is 44.8 Å². The number of nitrogens with one attached hydrogen (secondary N) is 1. The van der Waals surface area contributed by atoms with Crippen LogP contribution in [0.2, 0.25) is 0 Å². The summed E-state index contributed by atoms with van der Waals surface area (Å²) >= 11 is 0. The number of ether oxygens (including phenoxy) is 1. The molecular formula is C25H33N3O2. The van der Waals surface area contributed by atoms with E-state index in [2.05, 4.69) is 33.3 Å². The largest absolute Gasteiger partial charge is 0.497 e. The van der Waals surface area contributed by atoms with E-state index in [1.165, 1.54) is 36.8 Å². The number of carbonyl (C=O) groups is 1. The predicted molar refractivity (Wildman–Crippen MR) is 120 cm³/mol. The number of nitrogens with zero attached hydrogens (tertiary/aromatic N) is 2. The molecule has 5 nitrogen and oxygen atoms in total. The fourth-order valence-electron chi connectivity index (χ4n) is 4.64. The second-order valence-corrected chi connectivity index (χ2v) is 8.43. The first-order valence-corrected chi connectivity index (χ1v) is 11.2. The summed E-state index contributed by atoms with van der Waals surface area (Å²) in [6.45, 7) is 6.03. The Labute approximate surface area is 180 Å². The zero-order valence-electron chi connectivity index (χ0n) is 18.0. The lowest BCUT2D eigenvalue weighted by Crippen LogP contribution is -2.36. The first kappa shape index (κ1) is 20.9. The van der Waals surface area contributed by atoms with Crippen molar-refractivity contribution in [1.29, 1.82) is 0 Å². The van der Waals surface area contributed by atoms with E-state index in [4.69, 9.17) is 4.74 Å². The first-order chi connectivity index (χ1) is 14.7. The maximum Gasteiger partial charge on any atom is 0.251 e. The summed E-state index contributed by atoms with van der Waals surface area (Å²) < 4.78 is 5.30. The SMILES string of the molecule is COc1ccc(C(CNC(=O)c2cccc(CN3CCCC3)c2)N2CCCC2)cc1. The normalized spacial score (nSPS) is 18.4. The van der Waals surface area contributed by atoms with E-state index < -0.39 is 0 Å². The monoisotopic (exact) mass is 407 g/mol. The Kier molecular flexibility index (Phi) is 7.03. The van der Waals surface area contributed by atoms with Gasteiger partial charge < -0.3 is 10.1 Å². The highest BCUT2D eigenvalue weighted by Crippen LogP contribution is 2.26. The van der Waals surface area contributed by atoms with Crippen molar-refractivity contribution in [3.8, 4) is 5.75 Å². The maximum atomic E-state index is 12.9. The van der Waals surface area contributed by atoms with Gasteiger partial charge in [0.05, 0.1) is 13.2 Å². The summed E-state index contributed by atoms with van der Waals surface area (Å²) in [6, 6.07) is 16.5. The van der Waals surface area contributed by atoms with Crippen molar-refractivity contribution in [3.05, 3.63) is 65.2 Å². The van der Waals surface area contributed by atoms with Gasteiger partial charge in [0.1, 0.15) is 5.75 Å². The van der Waals surface area contributed by atoms with E-state index in [1.807, 2.05) is 30.3 Å².